The highest BCUT2D eigenvalue weighted by Gasteiger charge is 2.28. The van der Waals surface area contributed by atoms with E-state index in [1.165, 1.54) is 23.1 Å². The second-order valence-electron chi connectivity index (χ2n) is 5.65. The minimum Gasteiger partial charge on any atom is -0.508 e. The monoisotopic (exact) mass is 218 g/mol. The van der Waals surface area contributed by atoms with Crippen LogP contribution in [0.2, 0.25) is 0 Å². The molecule has 0 bridgehead atoms. The van der Waals surface area contributed by atoms with Gasteiger partial charge < -0.3 is 5.11 Å². The van der Waals surface area contributed by atoms with Gasteiger partial charge in [0.25, 0.3) is 0 Å². The molecular weight excluding hydrogens is 196 g/mol. The average molecular weight is 218 g/mol. The number of aryl methyl sites for hydroxylation is 1. The SMILES string of the molecule is CC(C)c1cc(O)cc2c1C(C(C)C)CC2. The lowest BCUT2D eigenvalue weighted by Crippen LogP contribution is -2.06. The summed E-state index contributed by atoms with van der Waals surface area (Å²) in [5, 5.41) is 9.75. The molecule has 0 amide bonds. The molecule has 0 aliphatic heterocycles. The zero-order valence-electron chi connectivity index (χ0n) is 10.7. The van der Waals surface area contributed by atoms with Crippen LogP contribution in [0.1, 0.15) is 62.6 Å². The molecule has 1 atom stereocenters. The van der Waals surface area contributed by atoms with E-state index < -0.39 is 0 Å². The van der Waals surface area contributed by atoms with Gasteiger partial charge in [0.2, 0.25) is 0 Å². The van der Waals surface area contributed by atoms with E-state index in [4.69, 9.17) is 0 Å². The molecule has 2 rings (SSSR count). The maximum Gasteiger partial charge on any atom is 0.116 e. The lowest BCUT2D eigenvalue weighted by atomic mass is 9.84. The highest BCUT2D eigenvalue weighted by atomic mass is 16.3. The lowest BCUT2D eigenvalue weighted by molar-refractivity contribution is 0.471. The summed E-state index contributed by atoms with van der Waals surface area (Å²) in [7, 11) is 0. The minimum absolute atomic E-state index is 0.437. The quantitative estimate of drug-likeness (QED) is 0.788. The number of rotatable bonds is 2. The maximum absolute atomic E-state index is 9.75. The van der Waals surface area contributed by atoms with Crippen molar-refractivity contribution in [3.8, 4) is 5.75 Å². The van der Waals surface area contributed by atoms with Gasteiger partial charge in [-0.3, -0.25) is 0 Å². The van der Waals surface area contributed by atoms with E-state index in [1.807, 2.05) is 12.1 Å². The molecule has 1 aliphatic rings. The first-order valence-corrected chi connectivity index (χ1v) is 6.36. The summed E-state index contributed by atoms with van der Waals surface area (Å²) in [6.45, 7) is 9.03. The number of phenolic OH excluding ortho intramolecular Hbond substituents is 1. The van der Waals surface area contributed by atoms with Gasteiger partial charge in [0.05, 0.1) is 0 Å². The highest BCUT2D eigenvalue weighted by Crippen LogP contribution is 2.43. The predicted molar refractivity (Wildman–Crippen MR) is 68.1 cm³/mol. The van der Waals surface area contributed by atoms with Gasteiger partial charge in [-0.1, -0.05) is 27.7 Å². The molecule has 1 N–H and O–H groups in total. The van der Waals surface area contributed by atoms with Crippen LogP contribution in [-0.2, 0) is 6.42 Å². The van der Waals surface area contributed by atoms with E-state index in [1.54, 1.807) is 0 Å². The molecule has 0 spiro atoms. The number of benzene rings is 1. The Hall–Kier alpha value is -0.980. The van der Waals surface area contributed by atoms with Gasteiger partial charge in [-0.15, -0.1) is 0 Å². The molecule has 88 valence electrons. The molecule has 1 unspecified atom stereocenters. The van der Waals surface area contributed by atoms with Gasteiger partial charge >= 0.3 is 0 Å². The lowest BCUT2D eigenvalue weighted by Gasteiger charge is -2.21. The molecule has 16 heavy (non-hydrogen) atoms. The number of hydrogen-bond acceptors (Lipinski definition) is 1. The number of fused-ring (bicyclic) bond motifs is 1. The van der Waals surface area contributed by atoms with E-state index in [2.05, 4.69) is 27.7 Å². The van der Waals surface area contributed by atoms with Gasteiger partial charge in [0, 0.05) is 0 Å². The first kappa shape index (κ1) is 11.5. The summed E-state index contributed by atoms with van der Waals surface area (Å²) < 4.78 is 0. The number of hydrogen-bond donors (Lipinski definition) is 1. The molecule has 1 aromatic rings. The topological polar surface area (TPSA) is 20.2 Å². The molecular formula is C15H22O. The van der Waals surface area contributed by atoms with Crippen molar-refractivity contribution in [2.24, 2.45) is 5.92 Å². The summed E-state index contributed by atoms with van der Waals surface area (Å²) in [4.78, 5) is 0. The fourth-order valence-electron chi connectivity index (χ4n) is 2.98. The van der Waals surface area contributed by atoms with Gasteiger partial charge in [0.1, 0.15) is 5.75 Å². The van der Waals surface area contributed by atoms with E-state index in [0.717, 1.165) is 6.42 Å². The molecule has 1 nitrogen and oxygen atoms in total. The fourth-order valence-corrected chi connectivity index (χ4v) is 2.98. The van der Waals surface area contributed by atoms with E-state index in [9.17, 15) is 5.11 Å². The smallest absolute Gasteiger partial charge is 0.116 e. The Balaban J connectivity index is 2.54. The summed E-state index contributed by atoms with van der Waals surface area (Å²) in [5.41, 5.74) is 4.26. The van der Waals surface area contributed by atoms with Crippen LogP contribution in [0.25, 0.3) is 0 Å². The highest BCUT2D eigenvalue weighted by molar-refractivity contribution is 5.48. The van der Waals surface area contributed by atoms with Crippen molar-refractivity contribution in [3.63, 3.8) is 0 Å². The van der Waals surface area contributed by atoms with E-state index in [-0.39, 0.29) is 0 Å². The molecule has 0 radical (unpaired) electrons. The fraction of sp³-hybridized carbons (Fsp3) is 0.600. The first-order valence-electron chi connectivity index (χ1n) is 6.36. The third-order valence-electron chi connectivity index (χ3n) is 3.80. The van der Waals surface area contributed by atoms with Crippen LogP contribution in [0.5, 0.6) is 5.75 Å². The van der Waals surface area contributed by atoms with Crippen LogP contribution in [0, 0.1) is 5.92 Å². The number of aromatic hydroxyl groups is 1. The Labute approximate surface area is 98.5 Å². The zero-order chi connectivity index (χ0) is 11.9. The Morgan fingerprint density at radius 2 is 1.88 bits per heavy atom. The Bertz CT molecular complexity index is 391. The molecule has 1 heteroatoms. The molecule has 0 saturated heterocycles. The largest absolute Gasteiger partial charge is 0.508 e. The maximum atomic E-state index is 9.75. The molecule has 1 aromatic carbocycles. The zero-order valence-corrected chi connectivity index (χ0v) is 10.7. The molecule has 0 saturated carbocycles. The van der Waals surface area contributed by atoms with Crippen LogP contribution in [0.3, 0.4) is 0 Å². The van der Waals surface area contributed by atoms with Crippen molar-refractivity contribution in [2.45, 2.75) is 52.4 Å². The van der Waals surface area contributed by atoms with Crippen molar-refractivity contribution in [1.82, 2.24) is 0 Å². The van der Waals surface area contributed by atoms with Crippen molar-refractivity contribution < 1.29 is 5.11 Å². The van der Waals surface area contributed by atoms with Gasteiger partial charge in [0.15, 0.2) is 0 Å². The third kappa shape index (κ3) is 1.83. The van der Waals surface area contributed by atoms with Crippen LogP contribution in [0.4, 0.5) is 0 Å². The van der Waals surface area contributed by atoms with Crippen molar-refractivity contribution in [1.29, 1.82) is 0 Å². The molecule has 0 heterocycles. The Morgan fingerprint density at radius 3 is 2.44 bits per heavy atom. The van der Waals surface area contributed by atoms with Gasteiger partial charge in [-0.25, -0.2) is 0 Å². The van der Waals surface area contributed by atoms with Crippen LogP contribution < -0.4 is 0 Å². The summed E-state index contributed by atoms with van der Waals surface area (Å²) in [6.07, 6.45) is 2.38. The molecule has 0 fully saturated rings. The normalized spacial score (nSPS) is 19.5. The third-order valence-corrected chi connectivity index (χ3v) is 3.80. The standard InChI is InChI=1S/C15H22O/c1-9(2)13-6-5-11-7-12(16)8-14(10(3)4)15(11)13/h7-10,13,16H,5-6H2,1-4H3. The second kappa shape index (κ2) is 4.12. The van der Waals surface area contributed by atoms with Crippen LogP contribution in [0.15, 0.2) is 12.1 Å². The summed E-state index contributed by atoms with van der Waals surface area (Å²) >= 11 is 0. The van der Waals surface area contributed by atoms with E-state index >= 15 is 0 Å². The van der Waals surface area contributed by atoms with Gasteiger partial charge in [-0.2, -0.15) is 0 Å². The Kier molecular flexibility index (Phi) is 2.96. The van der Waals surface area contributed by atoms with Gasteiger partial charge in [-0.05, 0) is 59.4 Å². The molecule has 1 aliphatic carbocycles. The summed E-state index contributed by atoms with van der Waals surface area (Å²) in [6, 6.07) is 3.92. The van der Waals surface area contributed by atoms with Crippen LogP contribution in [-0.4, -0.2) is 5.11 Å². The minimum atomic E-state index is 0.437. The first-order chi connectivity index (χ1) is 7.50. The Morgan fingerprint density at radius 1 is 1.19 bits per heavy atom. The molecule has 0 aromatic heterocycles. The van der Waals surface area contributed by atoms with Crippen molar-refractivity contribution in [2.75, 3.05) is 0 Å². The van der Waals surface area contributed by atoms with E-state index in [0.29, 0.717) is 23.5 Å². The van der Waals surface area contributed by atoms with Crippen molar-refractivity contribution in [3.05, 3.63) is 28.8 Å². The van der Waals surface area contributed by atoms with Crippen LogP contribution >= 0.6 is 0 Å². The van der Waals surface area contributed by atoms with Crippen molar-refractivity contribution >= 4 is 0 Å². The number of phenols is 1. The second-order valence-corrected chi connectivity index (χ2v) is 5.65. The summed E-state index contributed by atoms with van der Waals surface area (Å²) in [5.74, 6) is 2.32. The average Bonchev–Trinajstić information content (AvgIpc) is 2.59. The predicted octanol–water partition coefficient (Wildman–Crippen LogP) is 4.20.